The number of hydrogen-bond acceptors (Lipinski definition) is 3. The van der Waals surface area contributed by atoms with Crippen molar-refractivity contribution in [1.29, 1.82) is 0 Å². The van der Waals surface area contributed by atoms with Crippen molar-refractivity contribution in [3.05, 3.63) is 12.3 Å². The van der Waals surface area contributed by atoms with Crippen molar-refractivity contribution in [3.8, 4) is 0 Å². The number of carbonyl (C=O) groups is 1. The summed E-state index contributed by atoms with van der Waals surface area (Å²) in [5.74, 6) is -0.317. The minimum atomic E-state index is -0.317. The molecule has 9 heavy (non-hydrogen) atoms. The fraction of sp³-hybridized carbons (Fsp3) is 0.500. The first-order valence-corrected chi connectivity index (χ1v) is 2.76. The minimum absolute atomic E-state index is 0.143. The van der Waals surface area contributed by atoms with E-state index in [-0.39, 0.29) is 12.4 Å². The molecule has 0 spiro atoms. The summed E-state index contributed by atoms with van der Waals surface area (Å²) in [4.78, 5) is 10.4. The van der Waals surface area contributed by atoms with Gasteiger partial charge in [0.05, 0.1) is 19.3 Å². The second kappa shape index (κ2) is 5.15. The van der Waals surface area contributed by atoms with Crippen LogP contribution in [0.15, 0.2) is 12.3 Å². The molecule has 0 aliphatic rings. The van der Waals surface area contributed by atoms with Gasteiger partial charge in [-0.25, -0.2) is 0 Å². The van der Waals surface area contributed by atoms with Gasteiger partial charge in [-0.2, -0.15) is 0 Å². The molecule has 0 radical (unpaired) electrons. The van der Waals surface area contributed by atoms with Crippen LogP contribution in [-0.4, -0.2) is 17.7 Å². The predicted molar refractivity (Wildman–Crippen MR) is 33.0 cm³/mol. The van der Waals surface area contributed by atoms with Crippen molar-refractivity contribution in [2.45, 2.75) is 13.3 Å². The van der Waals surface area contributed by atoms with Crippen molar-refractivity contribution in [1.82, 2.24) is 0 Å². The van der Waals surface area contributed by atoms with E-state index in [1.165, 1.54) is 6.08 Å². The maximum atomic E-state index is 10.4. The molecule has 0 rings (SSSR count). The average molecular weight is 130 g/mol. The van der Waals surface area contributed by atoms with Gasteiger partial charge in [0, 0.05) is 0 Å². The summed E-state index contributed by atoms with van der Waals surface area (Å²) in [7, 11) is 0. The first-order valence-electron chi connectivity index (χ1n) is 2.76. The first kappa shape index (κ1) is 8.01. The van der Waals surface area contributed by atoms with Crippen LogP contribution < -0.4 is 0 Å². The van der Waals surface area contributed by atoms with E-state index < -0.39 is 0 Å². The van der Waals surface area contributed by atoms with E-state index in [2.05, 4.69) is 4.74 Å². The molecule has 1 N–H and O–H groups in total. The van der Waals surface area contributed by atoms with E-state index in [0.29, 0.717) is 6.61 Å². The second-order valence-corrected chi connectivity index (χ2v) is 1.39. The molecule has 3 nitrogen and oxygen atoms in total. The van der Waals surface area contributed by atoms with Crippen LogP contribution >= 0.6 is 0 Å². The molecule has 0 aromatic heterocycles. The Labute approximate surface area is 53.9 Å². The third kappa shape index (κ3) is 4.87. The van der Waals surface area contributed by atoms with Crippen LogP contribution in [0.2, 0.25) is 0 Å². The standard InChI is InChI=1S/C6H10O3/c1-2-9-6(8)4-3-5-7/h3,5,7H,2,4H2,1H3/b5-3-. The van der Waals surface area contributed by atoms with Gasteiger partial charge in [-0.1, -0.05) is 0 Å². The summed E-state index contributed by atoms with van der Waals surface area (Å²) in [6.45, 7) is 2.12. The van der Waals surface area contributed by atoms with Gasteiger partial charge in [0.2, 0.25) is 0 Å². The highest BCUT2D eigenvalue weighted by Crippen LogP contribution is 1.86. The summed E-state index contributed by atoms with van der Waals surface area (Å²) >= 11 is 0. The molecule has 0 aliphatic heterocycles. The number of aliphatic hydroxyl groups excluding tert-OH is 1. The Bertz CT molecular complexity index is 107. The molecule has 52 valence electrons. The Morgan fingerprint density at radius 1 is 1.78 bits per heavy atom. The molecule has 0 saturated carbocycles. The lowest BCUT2D eigenvalue weighted by atomic mass is 10.4. The van der Waals surface area contributed by atoms with E-state index >= 15 is 0 Å². The normalized spacial score (nSPS) is 9.89. The van der Waals surface area contributed by atoms with Crippen molar-refractivity contribution in [3.63, 3.8) is 0 Å². The van der Waals surface area contributed by atoms with Gasteiger partial charge >= 0.3 is 5.97 Å². The highest BCUT2D eigenvalue weighted by atomic mass is 16.5. The zero-order valence-corrected chi connectivity index (χ0v) is 5.33. The number of ether oxygens (including phenoxy) is 1. The van der Waals surface area contributed by atoms with Crippen LogP contribution in [0.3, 0.4) is 0 Å². The lowest BCUT2D eigenvalue weighted by molar-refractivity contribution is -0.142. The van der Waals surface area contributed by atoms with Crippen molar-refractivity contribution in [2.75, 3.05) is 6.61 Å². The van der Waals surface area contributed by atoms with Crippen molar-refractivity contribution < 1.29 is 14.6 Å². The molecule has 0 aromatic rings. The molecular weight excluding hydrogens is 120 g/mol. The summed E-state index contributed by atoms with van der Waals surface area (Å²) in [6.07, 6.45) is 2.30. The van der Waals surface area contributed by atoms with Crippen LogP contribution in [0.4, 0.5) is 0 Å². The Kier molecular flexibility index (Phi) is 4.59. The molecule has 0 unspecified atom stereocenters. The zero-order chi connectivity index (χ0) is 7.11. The summed E-state index contributed by atoms with van der Waals surface area (Å²) < 4.78 is 4.54. The van der Waals surface area contributed by atoms with Crippen molar-refractivity contribution >= 4 is 5.97 Å². The van der Waals surface area contributed by atoms with E-state index in [4.69, 9.17) is 5.11 Å². The molecule has 0 fully saturated rings. The van der Waals surface area contributed by atoms with Gasteiger partial charge in [-0.3, -0.25) is 4.79 Å². The van der Waals surface area contributed by atoms with E-state index in [1.54, 1.807) is 6.92 Å². The first-order chi connectivity index (χ1) is 4.31. The Morgan fingerprint density at radius 2 is 2.44 bits per heavy atom. The van der Waals surface area contributed by atoms with Gasteiger partial charge in [0.15, 0.2) is 0 Å². The van der Waals surface area contributed by atoms with E-state index in [9.17, 15) is 4.79 Å². The van der Waals surface area contributed by atoms with Crippen LogP contribution in [0, 0.1) is 0 Å². The molecule has 0 atom stereocenters. The average Bonchev–Trinajstić information content (AvgIpc) is 1.85. The Hall–Kier alpha value is -0.990. The monoisotopic (exact) mass is 130 g/mol. The summed E-state index contributed by atoms with van der Waals surface area (Å²) in [5.41, 5.74) is 0. The lowest BCUT2D eigenvalue weighted by Gasteiger charge is -1.94. The van der Waals surface area contributed by atoms with Gasteiger partial charge < -0.3 is 9.84 Å². The highest BCUT2D eigenvalue weighted by molar-refractivity contribution is 5.70. The number of esters is 1. The number of carbonyl (C=O) groups excluding carboxylic acids is 1. The van der Waals surface area contributed by atoms with Gasteiger partial charge in [-0.15, -0.1) is 0 Å². The second-order valence-electron chi connectivity index (χ2n) is 1.39. The largest absolute Gasteiger partial charge is 0.516 e. The SMILES string of the molecule is CCOC(=O)C/C=C\O. The molecular formula is C6H10O3. The summed E-state index contributed by atoms with van der Waals surface area (Å²) in [5, 5.41) is 8.10. The number of aliphatic hydroxyl groups is 1. The lowest BCUT2D eigenvalue weighted by Crippen LogP contribution is -2.01. The molecule has 0 saturated heterocycles. The third-order valence-electron chi connectivity index (χ3n) is 0.695. The van der Waals surface area contributed by atoms with Gasteiger partial charge in [0.1, 0.15) is 0 Å². The number of rotatable bonds is 3. The highest BCUT2D eigenvalue weighted by Gasteiger charge is 1.94. The topological polar surface area (TPSA) is 46.5 Å². The molecule has 3 heteroatoms. The van der Waals surface area contributed by atoms with Gasteiger partial charge in [-0.05, 0) is 13.0 Å². The Balaban J connectivity index is 3.27. The molecule has 0 heterocycles. The molecule has 0 aliphatic carbocycles. The van der Waals surface area contributed by atoms with Crippen LogP contribution in [-0.2, 0) is 9.53 Å². The predicted octanol–water partition coefficient (Wildman–Crippen LogP) is 1.01. The maximum absolute atomic E-state index is 10.4. The Morgan fingerprint density at radius 3 is 2.89 bits per heavy atom. The quantitative estimate of drug-likeness (QED) is 0.458. The molecule has 0 bridgehead atoms. The van der Waals surface area contributed by atoms with E-state index in [1.807, 2.05) is 0 Å². The summed E-state index contributed by atoms with van der Waals surface area (Å²) in [6, 6.07) is 0. The fourth-order valence-corrected chi connectivity index (χ4v) is 0.369. The fourth-order valence-electron chi connectivity index (χ4n) is 0.369. The smallest absolute Gasteiger partial charge is 0.309 e. The maximum Gasteiger partial charge on any atom is 0.309 e. The van der Waals surface area contributed by atoms with Gasteiger partial charge in [0.25, 0.3) is 0 Å². The number of hydrogen-bond donors (Lipinski definition) is 1. The minimum Gasteiger partial charge on any atom is -0.516 e. The van der Waals surface area contributed by atoms with Crippen LogP contribution in [0.1, 0.15) is 13.3 Å². The zero-order valence-electron chi connectivity index (χ0n) is 5.33. The van der Waals surface area contributed by atoms with Crippen molar-refractivity contribution in [2.24, 2.45) is 0 Å². The molecule has 0 aromatic carbocycles. The molecule has 0 amide bonds. The van der Waals surface area contributed by atoms with Crippen LogP contribution in [0.25, 0.3) is 0 Å². The van der Waals surface area contributed by atoms with Crippen LogP contribution in [0.5, 0.6) is 0 Å². The third-order valence-corrected chi connectivity index (χ3v) is 0.695. The van der Waals surface area contributed by atoms with E-state index in [0.717, 1.165) is 6.26 Å².